The molecule has 0 aliphatic rings. The number of nitrogens with one attached hydrogen (secondary N) is 2. The van der Waals surface area contributed by atoms with Gasteiger partial charge < -0.3 is 25.2 Å². The molecular formula is C15H22N2O5S. The van der Waals surface area contributed by atoms with Crippen LogP contribution >= 0.6 is 11.8 Å². The van der Waals surface area contributed by atoms with Crippen LogP contribution in [0.25, 0.3) is 0 Å². The van der Waals surface area contributed by atoms with Gasteiger partial charge in [0.05, 0.1) is 14.2 Å². The highest BCUT2D eigenvalue weighted by Gasteiger charge is 2.19. The lowest BCUT2D eigenvalue weighted by molar-refractivity contribution is -0.139. The molecule has 0 saturated heterocycles. The second-order valence-electron chi connectivity index (χ2n) is 4.69. The molecule has 1 aromatic carbocycles. The van der Waals surface area contributed by atoms with Gasteiger partial charge in [-0.15, -0.1) is 0 Å². The molecule has 1 aromatic rings. The van der Waals surface area contributed by atoms with E-state index in [1.807, 2.05) is 6.26 Å². The van der Waals surface area contributed by atoms with Crippen LogP contribution in [0.4, 0.5) is 4.79 Å². The minimum absolute atomic E-state index is 0.251. The molecule has 128 valence electrons. The van der Waals surface area contributed by atoms with Gasteiger partial charge in [-0.25, -0.2) is 9.59 Å². The van der Waals surface area contributed by atoms with Crippen LogP contribution in [0.1, 0.15) is 12.0 Å². The number of rotatable bonds is 9. The Balaban J connectivity index is 2.56. The normalized spacial score (nSPS) is 11.4. The van der Waals surface area contributed by atoms with Gasteiger partial charge >= 0.3 is 12.0 Å². The molecule has 0 aliphatic carbocycles. The molecule has 7 nitrogen and oxygen atoms in total. The summed E-state index contributed by atoms with van der Waals surface area (Å²) in [6.07, 6.45) is 2.26. The van der Waals surface area contributed by atoms with E-state index >= 15 is 0 Å². The first-order valence-corrected chi connectivity index (χ1v) is 8.38. The summed E-state index contributed by atoms with van der Waals surface area (Å²) in [4.78, 5) is 22.9. The Morgan fingerprint density at radius 2 is 1.96 bits per heavy atom. The number of ether oxygens (including phenoxy) is 2. The zero-order chi connectivity index (χ0) is 17.2. The molecule has 0 aromatic heterocycles. The number of urea groups is 1. The van der Waals surface area contributed by atoms with Crippen molar-refractivity contribution in [1.29, 1.82) is 0 Å². The van der Waals surface area contributed by atoms with Crippen LogP contribution in [0.2, 0.25) is 0 Å². The van der Waals surface area contributed by atoms with Crippen molar-refractivity contribution in [3.63, 3.8) is 0 Å². The molecule has 0 aliphatic heterocycles. The first-order valence-electron chi connectivity index (χ1n) is 6.98. The van der Waals surface area contributed by atoms with Gasteiger partial charge in [0.15, 0.2) is 11.5 Å². The minimum Gasteiger partial charge on any atom is -0.493 e. The van der Waals surface area contributed by atoms with Gasteiger partial charge in [-0.3, -0.25) is 0 Å². The Hall–Kier alpha value is -2.09. The van der Waals surface area contributed by atoms with E-state index in [4.69, 9.17) is 14.6 Å². The molecule has 1 rings (SSSR count). The number of carboxylic acids is 1. The summed E-state index contributed by atoms with van der Waals surface area (Å²) in [5.41, 5.74) is 0.814. The fourth-order valence-corrected chi connectivity index (χ4v) is 2.35. The number of carbonyl (C=O) groups is 2. The number of carbonyl (C=O) groups excluding carboxylic acids is 1. The maximum Gasteiger partial charge on any atom is 0.326 e. The number of thioether (sulfide) groups is 1. The van der Waals surface area contributed by atoms with E-state index in [0.29, 0.717) is 23.7 Å². The van der Waals surface area contributed by atoms with Crippen LogP contribution in [-0.4, -0.2) is 49.4 Å². The Bertz CT molecular complexity index is 539. The largest absolute Gasteiger partial charge is 0.493 e. The topological polar surface area (TPSA) is 96.9 Å². The molecule has 23 heavy (non-hydrogen) atoms. The summed E-state index contributed by atoms with van der Waals surface area (Å²) >= 11 is 1.53. The Morgan fingerprint density at radius 3 is 2.52 bits per heavy atom. The number of methoxy groups -OCH3 is 2. The summed E-state index contributed by atoms with van der Waals surface area (Å²) < 4.78 is 10.3. The minimum atomic E-state index is -1.04. The van der Waals surface area contributed by atoms with Crippen molar-refractivity contribution >= 4 is 23.8 Å². The zero-order valence-corrected chi connectivity index (χ0v) is 14.2. The predicted molar refractivity (Wildman–Crippen MR) is 89.3 cm³/mol. The SMILES string of the molecule is COc1ccc(CNC(=O)NC(CCSC)C(=O)O)cc1OC. The first-order chi connectivity index (χ1) is 11.0. The summed E-state index contributed by atoms with van der Waals surface area (Å²) in [5.74, 6) is 0.784. The molecule has 0 fully saturated rings. The smallest absolute Gasteiger partial charge is 0.326 e. The molecule has 0 radical (unpaired) electrons. The fourth-order valence-electron chi connectivity index (χ4n) is 1.88. The highest BCUT2D eigenvalue weighted by Crippen LogP contribution is 2.27. The van der Waals surface area contributed by atoms with Crippen LogP contribution in [-0.2, 0) is 11.3 Å². The van der Waals surface area contributed by atoms with Crippen LogP contribution in [0.3, 0.4) is 0 Å². The molecule has 0 spiro atoms. The van der Waals surface area contributed by atoms with E-state index in [2.05, 4.69) is 10.6 Å². The lowest BCUT2D eigenvalue weighted by atomic mass is 10.2. The average Bonchev–Trinajstić information content (AvgIpc) is 2.56. The standard InChI is InChI=1S/C15H22N2O5S/c1-21-12-5-4-10(8-13(12)22-2)9-16-15(20)17-11(14(18)19)6-7-23-3/h4-5,8,11H,6-7,9H2,1-3H3,(H,18,19)(H2,16,17,20). The van der Waals surface area contributed by atoms with Crippen molar-refractivity contribution in [2.45, 2.75) is 19.0 Å². The zero-order valence-electron chi connectivity index (χ0n) is 13.4. The van der Waals surface area contributed by atoms with Crippen LogP contribution in [0, 0.1) is 0 Å². The van der Waals surface area contributed by atoms with Crippen molar-refractivity contribution in [3.05, 3.63) is 23.8 Å². The molecule has 3 N–H and O–H groups in total. The van der Waals surface area contributed by atoms with Gasteiger partial charge in [0.25, 0.3) is 0 Å². The van der Waals surface area contributed by atoms with Gasteiger partial charge in [0.2, 0.25) is 0 Å². The Morgan fingerprint density at radius 1 is 1.26 bits per heavy atom. The quantitative estimate of drug-likeness (QED) is 0.632. The van der Waals surface area contributed by atoms with Gasteiger partial charge in [0, 0.05) is 6.54 Å². The Labute approximate surface area is 139 Å². The number of amides is 2. The highest BCUT2D eigenvalue weighted by molar-refractivity contribution is 7.98. The number of hydrogen-bond acceptors (Lipinski definition) is 5. The molecule has 1 atom stereocenters. The predicted octanol–water partition coefficient (Wildman–Crippen LogP) is 1.71. The second-order valence-corrected chi connectivity index (χ2v) is 5.67. The molecule has 0 saturated carbocycles. The van der Waals surface area contributed by atoms with Gasteiger partial charge in [0.1, 0.15) is 6.04 Å². The van der Waals surface area contributed by atoms with Crippen molar-refractivity contribution in [2.75, 3.05) is 26.2 Å². The van der Waals surface area contributed by atoms with Crippen molar-refractivity contribution in [2.24, 2.45) is 0 Å². The monoisotopic (exact) mass is 342 g/mol. The van der Waals surface area contributed by atoms with Crippen LogP contribution in [0.15, 0.2) is 18.2 Å². The van der Waals surface area contributed by atoms with Crippen LogP contribution in [0.5, 0.6) is 11.5 Å². The number of hydrogen-bond donors (Lipinski definition) is 3. The van der Waals surface area contributed by atoms with E-state index in [1.54, 1.807) is 25.3 Å². The summed E-state index contributed by atoms with van der Waals surface area (Å²) in [6.45, 7) is 0.251. The number of carboxylic acid groups (broad SMARTS) is 1. The molecule has 2 amide bonds. The van der Waals surface area contributed by atoms with E-state index < -0.39 is 18.0 Å². The van der Waals surface area contributed by atoms with E-state index in [9.17, 15) is 9.59 Å². The molecular weight excluding hydrogens is 320 g/mol. The molecule has 8 heteroatoms. The average molecular weight is 342 g/mol. The third kappa shape index (κ3) is 6.27. The summed E-state index contributed by atoms with van der Waals surface area (Å²) in [5, 5.41) is 14.2. The van der Waals surface area contributed by atoms with Crippen molar-refractivity contribution < 1.29 is 24.2 Å². The summed E-state index contributed by atoms with van der Waals surface area (Å²) in [6, 6.07) is 3.87. The maximum atomic E-state index is 11.8. The Kier molecular flexibility index (Phi) is 8.10. The number of aliphatic carboxylic acids is 1. The van der Waals surface area contributed by atoms with Gasteiger partial charge in [-0.2, -0.15) is 11.8 Å². The third-order valence-corrected chi connectivity index (χ3v) is 3.76. The van der Waals surface area contributed by atoms with Crippen molar-refractivity contribution in [1.82, 2.24) is 10.6 Å². The highest BCUT2D eigenvalue weighted by atomic mass is 32.2. The fraction of sp³-hybridized carbons (Fsp3) is 0.467. The molecule has 1 unspecified atom stereocenters. The van der Waals surface area contributed by atoms with E-state index in [-0.39, 0.29) is 6.54 Å². The lowest BCUT2D eigenvalue weighted by Gasteiger charge is -2.15. The number of benzene rings is 1. The van der Waals surface area contributed by atoms with Crippen molar-refractivity contribution in [3.8, 4) is 11.5 Å². The van der Waals surface area contributed by atoms with Gasteiger partial charge in [-0.05, 0) is 36.1 Å². The molecule has 0 bridgehead atoms. The first kappa shape index (κ1) is 19.0. The van der Waals surface area contributed by atoms with E-state index in [0.717, 1.165) is 5.56 Å². The van der Waals surface area contributed by atoms with Gasteiger partial charge in [-0.1, -0.05) is 6.07 Å². The molecule has 0 heterocycles. The third-order valence-electron chi connectivity index (χ3n) is 3.12. The van der Waals surface area contributed by atoms with E-state index in [1.165, 1.54) is 18.9 Å². The maximum absolute atomic E-state index is 11.8. The second kappa shape index (κ2) is 9.83. The lowest BCUT2D eigenvalue weighted by Crippen LogP contribution is -2.46. The van der Waals surface area contributed by atoms with Crippen LogP contribution < -0.4 is 20.1 Å². The summed E-state index contributed by atoms with van der Waals surface area (Å²) in [7, 11) is 3.08.